The molecule has 2 rings (SSSR count). The van der Waals surface area contributed by atoms with Crippen molar-refractivity contribution < 1.29 is 4.39 Å². The number of H-pyrrole nitrogens is 1. The molecule has 0 aliphatic rings. The highest BCUT2D eigenvalue weighted by Crippen LogP contribution is 2.20. The topological polar surface area (TPSA) is 28.7 Å². The molecule has 0 aliphatic carbocycles. The number of aromatic amines is 1. The van der Waals surface area contributed by atoms with E-state index in [1.807, 2.05) is 0 Å². The average molecular weight is 229 g/mol. The fraction of sp³-hybridized carbons (Fsp3) is 0.125. The Morgan fingerprint density at radius 1 is 1.58 bits per heavy atom. The first kappa shape index (κ1) is 7.73. The predicted molar refractivity (Wildman–Crippen MR) is 48.7 cm³/mol. The van der Waals surface area contributed by atoms with Gasteiger partial charge in [-0.3, -0.25) is 0 Å². The number of halogens is 2. The standard InChI is InChI=1S/C8H6BrFN2/c9-3-5-1-2-11-8-7(5)6(10)4-12-8/h1-2,4H,3H2,(H,11,12). The molecule has 0 unspecified atom stereocenters. The smallest absolute Gasteiger partial charge is 0.150 e. The van der Waals surface area contributed by atoms with E-state index in [0.717, 1.165) is 5.56 Å². The van der Waals surface area contributed by atoms with Crippen LogP contribution in [0, 0.1) is 5.82 Å². The Balaban J connectivity index is 2.84. The third-order valence-corrected chi connectivity index (χ3v) is 2.36. The Bertz CT molecular complexity index is 410. The molecule has 0 fully saturated rings. The molecule has 12 heavy (non-hydrogen) atoms. The average Bonchev–Trinajstić information content (AvgIpc) is 2.48. The van der Waals surface area contributed by atoms with Crippen LogP contribution in [0.3, 0.4) is 0 Å². The molecule has 2 aromatic heterocycles. The van der Waals surface area contributed by atoms with Crippen LogP contribution in [0.4, 0.5) is 4.39 Å². The molecule has 2 aromatic rings. The van der Waals surface area contributed by atoms with Crippen molar-refractivity contribution in [3.05, 3.63) is 29.8 Å². The minimum Gasteiger partial charge on any atom is -0.343 e. The summed E-state index contributed by atoms with van der Waals surface area (Å²) in [5.74, 6) is -0.243. The van der Waals surface area contributed by atoms with E-state index in [1.54, 1.807) is 12.3 Å². The van der Waals surface area contributed by atoms with Gasteiger partial charge in [0.25, 0.3) is 0 Å². The summed E-state index contributed by atoms with van der Waals surface area (Å²) in [5.41, 5.74) is 1.52. The minimum absolute atomic E-state index is 0.243. The molecule has 62 valence electrons. The van der Waals surface area contributed by atoms with Gasteiger partial charge in [0.2, 0.25) is 0 Å². The second-order valence-corrected chi connectivity index (χ2v) is 3.02. The molecular formula is C8H6BrFN2. The van der Waals surface area contributed by atoms with Gasteiger partial charge in [0.1, 0.15) is 11.5 Å². The van der Waals surface area contributed by atoms with Crippen molar-refractivity contribution in [2.75, 3.05) is 0 Å². The molecule has 4 heteroatoms. The van der Waals surface area contributed by atoms with Gasteiger partial charge >= 0.3 is 0 Å². The van der Waals surface area contributed by atoms with E-state index >= 15 is 0 Å². The maximum absolute atomic E-state index is 13.1. The van der Waals surface area contributed by atoms with Crippen molar-refractivity contribution >= 4 is 27.0 Å². The molecule has 0 aromatic carbocycles. The van der Waals surface area contributed by atoms with Crippen LogP contribution in [0.2, 0.25) is 0 Å². The first-order chi connectivity index (χ1) is 5.83. The fourth-order valence-corrected chi connectivity index (χ4v) is 1.66. The molecule has 1 N–H and O–H groups in total. The van der Waals surface area contributed by atoms with Crippen LogP contribution in [-0.2, 0) is 5.33 Å². The van der Waals surface area contributed by atoms with E-state index in [1.165, 1.54) is 6.20 Å². The number of aromatic nitrogens is 2. The summed E-state index contributed by atoms with van der Waals surface area (Å²) in [6.07, 6.45) is 2.98. The molecule has 0 saturated carbocycles. The lowest BCUT2D eigenvalue weighted by molar-refractivity contribution is 0.639. The van der Waals surface area contributed by atoms with Crippen LogP contribution in [0.1, 0.15) is 5.56 Å². The zero-order chi connectivity index (χ0) is 8.55. The Labute approximate surface area is 76.9 Å². The molecule has 2 heterocycles. The Hall–Kier alpha value is -0.900. The molecule has 0 aliphatic heterocycles. The number of alkyl halides is 1. The van der Waals surface area contributed by atoms with Gasteiger partial charge in [-0.15, -0.1) is 0 Å². The van der Waals surface area contributed by atoms with E-state index in [9.17, 15) is 4.39 Å². The number of nitrogens with one attached hydrogen (secondary N) is 1. The molecule has 2 nitrogen and oxygen atoms in total. The Morgan fingerprint density at radius 3 is 3.17 bits per heavy atom. The van der Waals surface area contributed by atoms with Crippen LogP contribution in [0.15, 0.2) is 18.5 Å². The first-order valence-corrected chi connectivity index (χ1v) is 4.61. The van der Waals surface area contributed by atoms with Gasteiger partial charge in [0, 0.05) is 17.7 Å². The summed E-state index contributed by atoms with van der Waals surface area (Å²) in [7, 11) is 0. The molecular weight excluding hydrogens is 223 g/mol. The highest BCUT2D eigenvalue weighted by molar-refractivity contribution is 9.08. The minimum atomic E-state index is -0.243. The van der Waals surface area contributed by atoms with Crippen molar-refractivity contribution in [2.45, 2.75) is 5.33 Å². The van der Waals surface area contributed by atoms with E-state index in [0.29, 0.717) is 16.4 Å². The molecule has 0 radical (unpaired) electrons. The highest BCUT2D eigenvalue weighted by Gasteiger charge is 2.07. The van der Waals surface area contributed by atoms with Crippen molar-refractivity contribution in [3.63, 3.8) is 0 Å². The number of nitrogens with zero attached hydrogens (tertiary/aromatic N) is 1. The predicted octanol–water partition coefficient (Wildman–Crippen LogP) is 2.60. The molecule has 0 bridgehead atoms. The van der Waals surface area contributed by atoms with E-state index < -0.39 is 0 Å². The van der Waals surface area contributed by atoms with Gasteiger partial charge in [-0.05, 0) is 11.6 Å². The second-order valence-electron chi connectivity index (χ2n) is 2.46. The third kappa shape index (κ3) is 1.03. The quantitative estimate of drug-likeness (QED) is 0.748. The normalized spacial score (nSPS) is 10.8. The number of rotatable bonds is 1. The fourth-order valence-electron chi connectivity index (χ4n) is 1.19. The maximum Gasteiger partial charge on any atom is 0.150 e. The zero-order valence-corrected chi connectivity index (χ0v) is 7.73. The van der Waals surface area contributed by atoms with Crippen molar-refractivity contribution in [3.8, 4) is 0 Å². The Morgan fingerprint density at radius 2 is 2.42 bits per heavy atom. The van der Waals surface area contributed by atoms with Crippen LogP contribution < -0.4 is 0 Å². The second kappa shape index (κ2) is 2.86. The summed E-state index contributed by atoms with van der Waals surface area (Å²) in [6.45, 7) is 0. The van der Waals surface area contributed by atoms with Gasteiger partial charge in [-0.25, -0.2) is 9.37 Å². The van der Waals surface area contributed by atoms with Gasteiger partial charge in [0.05, 0.1) is 5.39 Å². The monoisotopic (exact) mass is 228 g/mol. The maximum atomic E-state index is 13.1. The summed E-state index contributed by atoms with van der Waals surface area (Å²) in [4.78, 5) is 6.75. The lowest BCUT2D eigenvalue weighted by atomic mass is 10.2. The lowest BCUT2D eigenvalue weighted by Gasteiger charge is -1.96. The number of hydrogen-bond donors (Lipinski definition) is 1. The van der Waals surface area contributed by atoms with Crippen LogP contribution in [-0.4, -0.2) is 9.97 Å². The molecule has 0 amide bonds. The van der Waals surface area contributed by atoms with Crippen molar-refractivity contribution in [2.24, 2.45) is 0 Å². The van der Waals surface area contributed by atoms with E-state index in [4.69, 9.17) is 0 Å². The third-order valence-electron chi connectivity index (χ3n) is 1.76. The number of pyridine rings is 1. The van der Waals surface area contributed by atoms with Gasteiger partial charge < -0.3 is 4.98 Å². The van der Waals surface area contributed by atoms with E-state index in [2.05, 4.69) is 25.9 Å². The first-order valence-electron chi connectivity index (χ1n) is 3.49. The van der Waals surface area contributed by atoms with Crippen molar-refractivity contribution in [1.82, 2.24) is 9.97 Å². The summed E-state index contributed by atoms with van der Waals surface area (Å²) < 4.78 is 13.1. The number of fused-ring (bicyclic) bond motifs is 1. The highest BCUT2D eigenvalue weighted by atomic mass is 79.9. The van der Waals surface area contributed by atoms with Crippen LogP contribution in [0.5, 0.6) is 0 Å². The van der Waals surface area contributed by atoms with E-state index in [-0.39, 0.29) is 5.82 Å². The van der Waals surface area contributed by atoms with Crippen LogP contribution in [0.25, 0.3) is 11.0 Å². The van der Waals surface area contributed by atoms with Crippen LogP contribution >= 0.6 is 15.9 Å². The zero-order valence-electron chi connectivity index (χ0n) is 6.14. The lowest BCUT2D eigenvalue weighted by Crippen LogP contribution is -1.83. The summed E-state index contributed by atoms with van der Waals surface area (Å²) >= 11 is 3.29. The molecule has 0 atom stereocenters. The SMILES string of the molecule is Fc1c[nH]c2nccc(CBr)c12. The van der Waals surface area contributed by atoms with Crippen molar-refractivity contribution in [1.29, 1.82) is 0 Å². The molecule has 0 saturated heterocycles. The van der Waals surface area contributed by atoms with Gasteiger partial charge in [-0.1, -0.05) is 15.9 Å². The van der Waals surface area contributed by atoms with Gasteiger partial charge in [0.15, 0.2) is 0 Å². The Kier molecular flexibility index (Phi) is 1.84. The number of hydrogen-bond acceptors (Lipinski definition) is 1. The molecule has 0 spiro atoms. The largest absolute Gasteiger partial charge is 0.343 e. The summed E-state index contributed by atoms with van der Waals surface area (Å²) in [6, 6.07) is 1.80. The summed E-state index contributed by atoms with van der Waals surface area (Å²) in [5, 5.41) is 1.22. The van der Waals surface area contributed by atoms with Gasteiger partial charge in [-0.2, -0.15) is 0 Å².